The molecule has 5 nitrogen and oxygen atoms in total. The van der Waals surface area contributed by atoms with Crippen LogP contribution in [0.25, 0.3) is 0 Å². The first-order valence-corrected chi connectivity index (χ1v) is 11.2. The van der Waals surface area contributed by atoms with E-state index in [1.807, 2.05) is 54.6 Å². The van der Waals surface area contributed by atoms with Gasteiger partial charge in [-0.05, 0) is 42.9 Å². The van der Waals surface area contributed by atoms with Gasteiger partial charge < -0.3 is 4.90 Å². The van der Waals surface area contributed by atoms with Crippen LogP contribution < -0.4 is 4.90 Å². The van der Waals surface area contributed by atoms with Crippen LogP contribution in [-0.2, 0) is 27.7 Å². The van der Waals surface area contributed by atoms with Gasteiger partial charge in [0.2, 0.25) is 15.9 Å². The van der Waals surface area contributed by atoms with Crippen molar-refractivity contribution in [1.29, 1.82) is 0 Å². The van der Waals surface area contributed by atoms with Crippen LogP contribution in [0, 0.1) is 0 Å². The van der Waals surface area contributed by atoms with Crippen LogP contribution in [0.4, 0.5) is 5.69 Å². The Balaban J connectivity index is 1.65. The summed E-state index contributed by atoms with van der Waals surface area (Å²) < 4.78 is 25.7. The predicted octanol–water partition coefficient (Wildman–Crippen LogP) is 2.86. The Bertz CT molecular complexity index is 881. The van der Waals surface area contributed by atoms with E-state index in [0.29, 0.717) is 19.5 Å². The summed E-state index contributed by atoms with van der Waals surface area (Å²) in [4.78, 5) is 14.6. The molecule has 0 N–H and O–H groups in total. The van der Waals surface area contributed by atoms with Crippen molar-refractivity contribution in [2.24, 2.45) is 0 Å². The normalized spacial score (nSPS) is 14.2. The predicted molar refractivity (Wildman–Crippen MR) is 108 cm³/mol. The summed E-state index contributed by atoms with van der Waals surface area (Å²) in [5.41, 5.74) is 3.22. The number of fused-ring (bicyclic) bond motifs is 1. The van der Waals surface area contributed by atoms with E-state index >= 15 is 0 Å². The molecule has 0 fully saturated rings. The second kappa shape index (κ2) is 8.67. The van der Waals surface area contributed by atoms with E-state index in [4.69, 9.17) is 0 Å². The van der Waals surface area contributed by atoms with E-state index in [1.54, 1.807) is 4.90 Å². The molecule has 0 bridgehead atoms. The molecular formula is C21H26N2O3S. The summed E-state index contributed by atoms with van der Waals surface area (Å²) in [6, 6.07) is 17.8. The molecule has 1 amide bonds. The van der Waals surface area contributed by atoms with Crippen LogP contribution in [0.3, 0.4) is 0 Å². The van der Waals surface area contributed by atoms with Crippen LogP contribution in [0.2, 0.25) is 0 Å². The van der Waals surface area contributed by atoms with E-state index in [9.17, 15) is 13.2 Å². The van der Waals surface area contributed by atoms with Crippen LogP contribution in [0.1, 0.15) is 24.0 Å². The topological polar surface area (TPSA) is 57.7 Å². The highest BCUT2D eigenvalue weighted by atomic mass is 32.2. The molecule has 0 aromatic heterocycles. The third kappa shape index (κ3) is 5.17. The van der Waals surface area contributed by atoms with Crippen molar-refractivity contribution < 1.29 is 13.2 Å². The van der Waals surface area contributed by atoms with E-state index < -0.39 is 10.0 Å². The van der Waals surface area contributed by atoms with Crippen LogP contribution in [-0.4, -0.2) is 44.5 Å². The van der Waals surface area contributed by atoms with Crippen molar-refractivity contribution in [2.75, 3.05) is 30.8 Å². The van der Waals surface area contributed by atoms with Crippen molar-refractivity contribution >= 4 is 21.6 Å². The Kier molecular flexibility index (Phi) is 6.29. The summed E-state index contributed by atoms with van der Waals surface area (Å²) >= 11 is 0. The molecule has 2 aromatic carbocycles. The lowest BCUT2D eigenvalue weighted by Gasteiger charge is -2.31. The fourth-order valence-electron chi connectivity index (χ4n) is 3.50. The average molecular weight is 387 g/mol. The van der Waals surface area contributed by atoms with E-state index in [-0.39, 0.29) is 12.5 Å². The van der Waals surface area contributed by atoms with Gasteiger partial charge in [0.05, 0.1) is 12.8 Å². The molecule has 3 rings (SSSR count). The molecule has 27 heavy (non-hydrogen) atoms. The number of rotatable bonds is 7. The van der Waals surface area contributed by atoms with Gasteiger partial charge in [0.25, 0.3) is 0 Å². The number of carbonyl (C=O) groups is 1. The number of carbonyl (C=O) groups excluding carboxylic acids is 1. The van der Waals surface area contributed by atoms with Crippen molar-refractivity contribution in [2.45, 2.75) is 25.7 Å². The maximum atomic E-state index is 12.9. The zero-order valence-electron chi connectivity index (χ0n) is 15.7. The molecular weight excluding hydrogens is 360 g/mol. The number of aryl methyl sites for hydroxylation is 2. The van der Waals surface area contributed by atoms with Crippen LogP contribution in [0.15, 0.2) is 54.6 Å². The number of benzene rings is 2. The smallest absolute Gasteiger partial charge is 0.242 e. The minimum Gasteiger partial charge on any atom is -0.311 e. The molecule has 0 aliphatic carbocycles. The number of para-hydroxylation sites is 1. The number of amides is 1. The lowest BCUT2D eigenvalue weighted by molar-refractivity contribution is -0.118. The fraction of sp³-hybridized carbons (Fsp3) is 0.381. The number of hydrogen-bond acceptors (Lipinski definition) is 3. The summed E-state index contributed by atoms with van der Waals surface area (Å²) in [5, 5.41) is 0. The third-order valence-electron chi connectivity index (χ3n) is 4.91. The largest absolute Gasteiger partial charge is 0.311 e. The van der Waals surface area contributed by atoms with Crippen LogP contribution >= 0.6 is 0 Å². The SMILES string of the molecule is CS(=O)(=O)N(CCCc1ccccc1)CC(=O)N1CCCc2ccccc21. The molecule has 2 aromatic rings. The zero-order valence-corrected chi connectivity index (χ0v) is 16.5. The lowest BCUT2D eigenvalue weighted by Crippen LogP contribution is -2.44. The van der Waals surface area contributed by atoms with Gasteiger partial charge in [0.15, 0.2) is 0 Å². The van der Waals surface area contributed by atoms with E-state index in [0.717, 1.165) is 30.5 Å². The minimum absolute atomic E-state index is 0.109. The Morgan fingerprint density at radius 3 is 2.52 bits per heavy atom. The van der Waals surface area contributed by atoms with Crippen molar-refractivity contribution in [3.05, 3.63) is 65.7 Å². The molecule has 1 aliphatic heterocycles. The van der Waals surface area contributed by atoms with Crippen molar-refractivity contribution in [3.8, 4) is 0 Å². The Labute approximate surface area is 161 Å². The molecule has 0 saturated heterocycles. The van der Waals surface area contributed by atoms with Gasteiger partial charge >= 0.3 is 0 Å². The Morgan fingerprint density at radius 1 is 1.07 bits per heavy atom. The molecule has 0 radical (unpaired) electrons. The Hall–Kier alpha value is -2.18. The molecule has 0 spiro atoms. The third-order valence-corrected chi connectivity index (χ3v) is 6.16. The van der Waals surface area contributed by atoms with Gasteiger partial charge in [0, 0.05) is 18.8 Å². The molecule has 0 unspecified atom stereocenters. The molecule has 144 valence electrons. The molecule has 1 aliphatic rings. The maximum absolute atomic E-state index is 12.9. The first-order valence-electron chi connectivity index (χ1n) is 9.32. The van der Waals surface area contributed by atoms with Gasteiger partial charge in [-0.3, -0.25) is 4.79 Å². The summed E-state index contributed by atoms with van der Waals surface area (Å²) in [5.74, 6) is -0.160. The second-order valence-corrected chi connectivity index (χ2v) is 8.95. The average Bonchev–Trinajstić information content (AvgIpc) is 2.66. The zero-order chi connectivity index (χ0) is 19.3. The van der Waals surface area contributed by atoms with Gasteiger partial charge in [-0.1, -0.05) is 48.5 Å². The molecule has 0 atom stereocenters. The van der Waals surface area contributed by atoms with Gasteiger partial charge in [0.1, 0.15) is 0 Å². The quantitative estimate of drug-likeness (QED) is 0.735. The highest BCUT2D eigenvalue weighted by Gasteiger charge is 2.26. The summed E-state index contributed by atoms with van der Waals surface area (Å²) in [6.45, 7) is 0.869. The standard InChI is InChI=1S/C21H26N2O3S/c1-27(25,26)22(15-7-11-18-9-3-2-4-10-18)17-21(24)23-16-8-13-19-12-5-6-14-20(19)23/h2-6,9-10,12,14H,7-8,11,13,15-17H2,1H3. The molecule has 1 heterocycles. The highest BCUT2D eigenvalue weighted by molar-refractivity contribution is 7.88. The number of hydrogen-bond donors (Lipinski definition) is 0. The van der Waals surface area contributed by atoms with Crippen molar-refractivity contribution in [3.63, 3.8) is 0 Å². The number of sulfonamides is 1. The number of nitrogens with zero attached hydrogens (tertiary/aromatic N) is 2. The fourth-order valence-corrected chi connectivity index (χ4v) is 4.30. The minimum atomic E-state index is -3.44. The van der Waals surface area contributed by atoms with Gasteiger partial charge in [-0.25, -0.2) is 8.42 Å². The second-order valence-electron chi connectivity index (χ2n) is 6.96. The van der Waals surface area contributed by atoms with E-state index in [1.165, 1.54) is 16.1 Å². The lowest BCUT2D eigenvalue weighted by atomic mass is 10.0. The van der Waals surface area contributed by atoms with Gasteiger partial charge in [-0.2, -0.15) is 4.31 Å². The number of anilines is 1. The molecule has 0 saturated carbocycles. The first-order chi connectivity index (χ1) is 12.9. The van der Waals surface area contributed by atoms with E-state index in [2.05, 4.69) is 0 Å². The van der Waals surface area contributed by atoms with Crippen molar-refractivity contribution in [1.82, 2.24) is 4.31 Å². The highest BCUT2D eigenvalue weighted by Crippen LogP contribution is 2.26. The Morgan fingerprint density at radius 2 is 1.78 bits per heavy atom. The first kappa shape index (κ1) is 19.6. The maximum Gasteiger partial charge on any atom is 0.242 e. The molecule has 6 heteroatoms. The monoisotopic (exact) mass is 386 g/mol. The summed E-state index contributed by atoms with van der Waals surface area (Å²) in [6.07, 6.45) is 4.49. The van der Waals surface area contributed by atoms with Crippen LogP contribution in [0.5, 0.6) is 0 Å². The van der Waals surface area contributed by atoms with Gasteiger partial charge in [-0.15, -0.1) is 0 Å². The summed E-state index contributed by atoms with van der Waals surface area (Å²) in [7, 11) is -3.44.